The SMILES string of the molecule is CS.Cc1cccc(C)c1N. The molecule has 0 atom stereocenters. The molecule has 0 aliphatic carbocycles. The molecule has 1 nitrogen and oxygen atoms in total. The fourth-order valence-corrected chi connectivity index (χ4v) is 0.827. The van der Waals surface area contributed by atoms with Gasteiger partial charge in [-0.1, -0.05) is 18.2 Å². The summed E-state index contributed by atoms with van der Waals surface area (Å²) in [4.78, 5) is 0. The summed E-state index contributed by atoms with van der Waals surface area (Å²) >= 11 is 3.53. The third-order valence-electron chi connectivity index (χ3n) is 1.54. The summed E-state index contributed by atoms with van der Waals surface area (Å²) in [6, 6.07) is 6.05. The van der Waals surface area contributed by atoms with E-state index >= 15 is 0 Å². The second-order valence-corrected chi connectivity index (χ2v) is 2.31. The zero-order valence-electron chi connectivity index (χ0n) is 7.26. The first-order chi connectivity index (χ1) is 5.22. The van der Waals surface area contributed by atoms with Crippen LogP contribution in [0.4, 0.5) is 5.69 Å². The van der Waals surface area contributed by atoms with Crippen molar-refractivity contribution in [1.29, 1.82) is 0 Å². The predicted octanol–water partition coefficient (Wildman–Crippen LogP) is 2.43. The highest BCUT2D eigenvalue weighted by Crippen LogP contribution is 2.13. The smallest absolute Gasteiger partial charge is 0.0373 e. The largest absolute Gasteiger partial charge is 0.398 e. The number of para-hydroxylation sites is 1. The van der Waals surface area contributed by atoms with Gasteiger partial charge in [-0.05, 0) is 31.2 Å². The monoisotopic (exact) mass is 169 g/mol. The molecule has 0 unspecified atom stereocenters. The number of thiol groups is 1. The van der Waals surface area contributed by atoms with Gasteiger partial charge in [0.1, 0.15) is 0 Å². The Balaban J connectivity index is 0.000000461. The van der Waals surface area contributed by atoms with Crippen LogP contribution < -0.4 is 5.73 Å². The van der Waals surface area contributed by atoms with Crippen LogP contribution in [0.1, 0.15) is 11.1 Å². The molecule has 2 heteroatoms. The molecule has 62 valence electrons. The first-order valence-electron chi connectivity index (χ1n) is 3.48. The van der Waals surface area contributed by atoms with E-state index in [-0.39, 0.29) is 0 Å². The van der Waals surface area contributed by atoms with Crippen LogP contribution in [0, 0.1) is 13.8 Å². The van der Waals surface area contributed by atoms with Crippen molar-refractivity contribution < 1.29 is 0 Å². The van der Waals surface area contributed by atoms with Crippen molar-refractivity contribution >= 4 is 18.3 Å². The van der Waals surface area contributed by atoms with Crippen molar-refractivity contribution in [2.24, 2.45) is 0 Å². The molecule has 0 spiro atoms. The van der Waals surface area contributed by atoms with E-state index in [4.69, 9.17) is 5.73 Å². The Morgan fingerprint density at radius 3 is 1.73 bits per heavy atom. The molecule has 0 radical (unpaired) electrons. The number of benzene rings is 1. The molecule has 0 aliphatic rings. The van der Waals surface area contributed by atoms with Gasteiger partial charge in [-0.15, -0.1) is 0 Å². The van der Waals surface area contributed by atoms with Gasteiger partial charge in [-0.25, -0.2) is 0 Å². The minimum Gasteiger partial charge on any atom is -0.398 e. The number of hydrogen-bond donors (Lipinski definition) is 2. The molecule has 0 saturated carbocycles. The topological polar surface area (TPSA) is 26.0 Å². The molecule has 0 fully saturated rings. The Hall–Kier alpha value is -0.630. The van der Waals surface area contributed by atoms with E-state index in [1.54, 1.807) is 6.26 Å². The summed E-state index contributed by atoms with van der Waals surface area (Å²) in [6.45, 7) is 4.03. The zero-order valence-corrected chi connectivity index (χ0v) is 8.15. The summed E-state index contributed by atoms with van der Waals surface area (Å²) in [5.41, 5.74) is 8.92. The summed E-state index contributed by atoms with van der Waals surface area (Å²) in [5.74, 6) is 0. The maximum Gasteiger partial charge on any atom is 0.0373 e. The van der Waals surface area contributed by atoms with Gasteiger partial charge in [-0.3, -0.25) is 0 Å². The van der Waals surface area contributed by atoms with E-state index < -0.39 is 0 Å². The Kier molecular flexibility index (Phi) is 4.79. The molecule has 0 amide bonds. The maximum absolute atomic E-state index is 5.68. The van der Waals surface area contributed by atoms with Crippen molar-refractivity contribution in [3.05, 3.63) is 29.3 Å². The predicted molar refractivity (Wildman–Crippen MR) is 55.2 cm³/mol. The van der Waals surface area contributed by atoms with Crippen molar-refractivity contribution in [1.82, 2.24) is 0 Å². The van der Waals surface area contributed by atoms with Crippen LogP contribution in [0.15, 0.2) is 18.2 Å². The lowest BCUT2D eigenvalue weighted by Gasteiger charge is -2.00. The molecule has 0 aliphatic heterocycles. The minimum absolute atomic E-state index is 0.914. The van der Waals surface area contributed by atoms with Crippen LogP contribution in [0.2, 0.25) is 0 Å². The van der Waals surface area contributed by atoms with Gasteiger partial charge in [-0.2, -0.15) is 12.6 Å². The van der Waals surface area contributed by atoms with E-state index in [2.05, 4.69) is 12.6 Å². The molecular weight excluding hydrogens is 154 g/mol. The molecular formula is C9H15NS. The van der Waals surface area contributed by atoms with Gasteiger partial charge in [0, 0.05) is 5.69 Å². The minimum atomic E-state index is 0.914. The molecule has 0 heterocycles. The van der Waals surface area contributed by atoms with Crippen molar-refractivity contribution in [3.63, 3.8) is 0 Å². The standard InChI is InChI=1S/C8H11N.CH4S/c1-6-4-3-5-7(2)8(6)9;1-2/h3-5H,9H2,1-2H3;2H,1H3. The first-order valence-corrected chi connectivity index (χ1v) is 4.37. The average Bonchev–Trinajstić information content (AvgIpc) is 2.04. The average molecular weight is 169 g/mol. The second-order valence-electron chi connectivity index (χ2n) is 2.31. The lowest BCUT2D eigenvalue weighted by atomic mass is 10.1. The molecule has 0 aromatic heterocycles. The zero-order chi connectivity index (χ0) is 8.85. The summed E-state index contributed by atoms with van der Waals surface area (Å²) in [5, 5.41) is 0. The van der Waals surface area contributed by atoms with Crippen molar-refractivity contribution in [2.75, 3.05) is 12.0 Å². The highest BCUT2D eigenvalue weighted by molar-refractivity contribution is 7.79. The van der Waals surface area contributed by atoms with Crippen LogP contribution >= 0.6 is 12.6 Å². The number of rotatable bonds is 0. The van der Waals surface area contributed by atoms with E-state index in [0.29, 0.717) is 0 Å². The van der Waals surface area contributed by atoms with Gasteiger partial charge in [0.2, 0.25) is 0 Å². The molecule has 11 heavy (non-hydrogen) atoms. The molecule has 1 aromatic carbocycles. The fourth-order valence-electron chi connectivity index (χ4n) is 0.827. The fraction of sp³-hybridized carbons (Fsp3) is 0.333. The number of aryl methyl sites for hydroxylation is 2. The Morgan fingerprint density at radius 2 is 1.45 bits per heavy atom. The van der Waals surface area contributed by atoms with Crippen LogP contribution in [-0.2, 0) is 0 Å². The molecule has 0 bridgehead atoms. The van der Waals surface area contributed by atoms with Gasteiger partial charge in [0.25, 0.3) is 0 Å². The Labute approximate surface area is 74.0 Å². The normalized spacial score (nSPS) is 8.36. The van der Waals surface area contributed by atoms with Crippen LogP contribution in [-0.4, -0.2) is 6.26 Å². The molecule has 2 N–H and O–H groups in total. The van der Waals surface area contributed by atoms with E-state index in [0.717, 1.165) is 16.8 Å². The van der Waals surface area contributed by atoms with Gasteiger partial charge in [0.05, 0.1) is 0 Å². The number of hydrogen-bond acceptors (Lipinski definition) is 2. The first kappa shape index (κ1) is 10.4. The highest BCUT2D eigenvalue weighted by Gasteiger charge is 1.92. The molecule has 0 saturated heterocycles. The summed E-state index contributed by atoms with van der Waals surface area (Å²) in [6.07, 6.45) is 1.69. The van der Waals surface area contributed by atoms with Crippen molar-refractivity contribution in [3.8, 4) is 0 Å². The third kappa shape index (κ3) is 2.85. The maximum atomic E-state index is 5.68. The second kappa shape index (κ2) is 5.08. The number of nitrogens with two attached hydrogens (primary N) is 1. The van der Waals surface area contributed by atoms with E-state index in [1.807, 2.05) is 32.0 Å². The lowest BCUT2D eigenvalue weighted by molar-refractivity contribution is 1.39. The lowest BCUT2D eigenvalue weighted by Crippen LogP contribution is -1.91. The van der Waals surface area contributed by atoms with Crippen molar-refractivity contribution in [2.45, 2.75) is 13.8 Å². The quantitative estimate of drug-likeness (QED) is 0.453. The van der Waals surface area contributed by atoms with E-state index in [9.17, 15) is 0 Å². The van der Waals surface area contributed by atoms with E-state index in [1.165, 1.54) is 0 Å². The van der Waals surface area contributed by atoms with Gasteiger partial charge < -0.3 is 5.73 Å². The molecule has 1 aromatic rings. The van der Waals surface area contributed by atoms with Crippen LogP contribution in [0.3, 0.4) is 0 Å². The van der Waals surface area contributed by atoms with Gasteiger partial charge >= 0.3 is 0 Å². The third-order valence-corrected chi connectivity index (χ3v) is 1.54. The molecule has 1 rings (SSSR count). The Bertz CT molecular complexity index is 201. The van der Waals surface area contributed by atoms with Gasteiger partial charge in [0.15, 0.2) is 0 Å². The summed E-state index contributed by atoms with van der Waals surface area (Å²) < 4.78 is 0. The van der Waals surface area contributed by atoms with Crippen LogP contribution in [0.25, 0.3) is 0 Å². The number of anilines is 1. The van der Waals surface area contributed by atoms with Crippen LogP contribution in [0.5, 0.6) is 0 Å². The Morgan fingerprint density at radius 1 is 1.09 bits per heavy atom. The summed E-state index contributed by atoms with van der Waals surface area (Å²) in [7, 11) is 0. The highest BCUT2D eigenvalue weighted by atomic mass is 32.1. The number of nitrogen functional groups attached to an aromatic ring is 1.